The highest BCUT2D eigenvalue weighted by Crippen LogP contribution is 2.32. The molecule has 1 aromatic carbocycles. The van der Waals surface area contributed by atoms with Crippen LogP contribution >= 0.6 is 0 Å². The minimum Gasteiger partial charge on any atom is -0.352 e. The first kappa shape index (κ1) is 18.7. The SMILES string of the molecule is CCn1cnnc1CNC(=NC)NCc1ccc(F)cc1C(F)(F)F. The molecule has 0 radical (unpaired) electrons. The third-order valence-corrected chi connectivity index (χ3v) is 3.50. The molecule has 0 spiro atoms. The van der Waals surface area contributed by atoms with Crippen molar-refractivity contribution in [1.29, 1.82) is 0 Å². The van der Waals surface area contributed by atoms with Gasteiger partial charge >= 0.3 is 6.18 Å². The van der Waals surface area contributed by atoms with Crippen molar-refractivity contribution < 1.29 is 17.6 Å². The number of hydrogen-bond donors (Lipinski definition) is 2. The molecule has 0 atom stereocenters. The summed E-state index contributed by atoms with van der Waals surface area (Å²) >= 11 is 0. The van der Waals surface area contributed by atoms with Gasteiger partial charge in [-0.05, 0) is 24.6 Å². The topological polar surface area (TPSA) is 67.1 Å². The van der Waals surface area contributed by atoms with Gasteiger partial charge in [-0.3, -0.25) is 4.99 Å². The van der Waals surface area contributed by atoms with Gasteiger partial charge in [0.1, 0.15) is 12.1 Å². The van der Waals surface area contributed by atoms with E-state index >= 15 is 0 Å². The number of aliphatic imine (C=N–C) groups is 1. The van der Waals surface area contributed by atoms with E-state index in [1.54, 1.807) is 6.33 Å². The summed E-state index contributed by atoms with van der Waals surface area (Å²) in [6, 6.07) is 2.58. The summed E-state index contributed by atoms with van der Waals surface area (Å²) in [6.07, 6.45) is -3.05. The van der Waals surface area contributed by atoms with Crippen LogP contribution in [0.3, 0.4) is 0 Å². The maximum atomic E-state index is 13.1. The van der Waals surface area contributed by atoms with E-state index in [1.807, 2.05) is 11.5 Å². The van der Waals surface area contributed by atoms with E-state index in [1.165, 1.54) is 7.05 Å². The van der Waals surface area contributed by atoms with Crippen molar-refractivity contribution in [1.82, 2.24) is 25.4 Å². The summed E-state index contributed by atoms with van der Waals surface area (Å²) < 4.78 is 53.9. The second kappa shape index (κ2) is 7.95. The number of alkyl halides is 3. The van der Waals surface area contributed by atoms with Crippen LogP contribution in [-0.2, 0) is 25.8 Å². The summed E-state index contributed by atoms with van der Waals surface area (Å²) in [5.41, 5.74) is -1.09. The first-order valence-electron chi connectivity index (χ1n) is 7.52. The number of halogens is 4. The zero-order chi connectivity index (χ0) is 18.4. The Morgan fingerprint density at radius 2 is 1.96 bits per heavy atom. The Balaban J connectivity index is 2.02. The fraction of sp³-hybridized carbons (Fsp3) is 0.400. The van der Waals surface area contributed by atoms with Crippen LogP contribution in [0.4, 0.5) is 17.6 Å². The van der Waals surface area contributed by atoms with Crippen LogP contribution in [0, 0.1) is 5.82 Å². The normalized spacial score (nSPS) is 12.3. The molecule has 0 fully saturated rings. The van der Waals surface area contributed by atoms with Gasteiger partial charge in [-0.15, -0.1) is 10.2 Å². The molecule has 0 saturated heterocycles. The van der Waals surface area contributed by atoms with E-state index in [0.29, 0.717) is 30.9 Å². The minimum absolute atomic E-state index is 0.0754. The van der Waals surface area contributed by atoms with Gasteiger partial charge in [0, 0.05) is 20.1 Å². The molecule has 0 amide bonds. The van der Waals surface area contributed by atoms with Gasteiger partial charge in [0.15, 0.2) is 11.8 Å². The van der Waals surface area contributed by atoms with Crippen LogP contribution in [-0.4, -0.2) is 27.8 Å². The summed E-state index contributed by atoms with van der Waals surface area (Å²) in [5, 5.41) is 13.5. The average molecular weight is 358 g/mol. The quantitative estimate of drug-likeness (QED) is 0.489. The van der Waals surface area contributed by atoms with E-state index in [9.17, 15) is 17.6 Å². The molecule has 6 nitrogen and oxygen atoms in total. The fourth-order valence-electron chi connectivity index (χ4n) is 2.21. The Kier molecular flexibility index (Phi) is 5.94. The van der Waals surface area contributed by atoms with Crippen molar-refractivity contribution in [2.75, 3.05) is 7.05 Å². The molecule has 1 aromatic heterocycles. The molecular formula is C15H18F4N6. The second-order valence-corrected chi connectivity index (χ2v) is 5.11. The first-order valence-corrected chi connectivity index (χ1v) is 7.52. The largest absolute Gasteiger partial charge is 0.416 e. The highest BCUT2D eigenvalue weighted by Gasteiger charge is 2.33. The van der Waals surface area contributed by atoms with Gasteiger partial charge in [0.05, 0.1) is 12.1 Å². The predicted molar refractivity (Wildman–Crippen MR) is 84.1 cm³/mol. The number of aryl methyl sites for hydroxylation is 1. The molecule has 0 saturated carbocycles. The Morgan fingerprint density at radius 1 is 1.24 bits per heavy atom. The molecule has 0 bridgehead atoms. The molecule has 0 aliphatic carbocycles. The van der Waals surface area contributed by atoms with Crippen LogP contribution in [0.2, 0.25) is 0 Å². The van der Waals surface area contributed by atoms with Crippen LogP contribution in [0.25, 0.3) is 0 Å². The molecule has 10 heteroatoms. The molecular weight excluding hydrogens is 340 g/mol. The van der Waals surface area contributed by atoms with E-state index < -0.39 is 17.6 Å². The van der Waals surface area contributed by atoms with Crippen LogP contribution in [0.5, 0.6) is 0 Å². The van der Waals surface area contributed by atoms with E-state index in [4.69, 9.17) is 0 Å². The zero-order valence-corrected chi connectivity index (χ0v) is 13.7. The van der Waals surface area contributed by atoms with Gasteiger partial charge in [-0.2, -0.15) is 13.2 Å². The fourth-order valence-corrected chi connectivity index (χ4v) is 2.21. The maximum Gasteiger partial charge on any atom is 0.416 e. The van der Waals surface area contributed by atoms with Gasteiger partial charge < -0.3 is 15.2 Å². The van der Waals surface area contributed by atoms with Crippen molar-refractivity contribution in [3.05, 3.63) is 47.3 Å². The summed E-state index contributed by atoms with van der Waals surface area (Å²) in [6.45, 7) is 2.78. The lowest BCUT2D eigenvalue weighted by Gasteiger charge is -2.16. The van der Waals surface area contributed by atoms with E-state index in [2.05, 4.69) is 25.8 Å². The summed E-state index contributed by atoms with van der Waals surface area (Å²) in [7, 11) is 1.50. The van der Waals surface area contributed by atoms with E-state index in [0.717, 1.165) is 12.1 Å². The number of aromatic nitrogens is 3. The molecule has 25 heavy (non-hydrogen) atoms. The first-order chi connectivity index (χ1) is 11.8. The number of nitrogens with one attached hydrogen (secondary N) is 2. The molecule has 136 valence electrons. The minimum atomic E-state index is -4.63. The number of rotatable bonds is 5. The van der Waals surface area contributed by atoms with Crippen LogP contribution in [0.1, 0.15) is 23.9 Å². The molecule has 0 unspecified atom stereocenters. The smallest absolute Gasteiger partial charge is 0.352 e. The Hall–Kier alpha value is -2.65. The lowest BCUT2D eigenvalue weighted by atomic mass is 10.1. The van der Waals surface area contributed by atoms with Crippen molar-refractivity contribution in [3.63, 3.8) is 0 Å². The third-order valence-electron chi connectivity index (χ3n) is 3.50. The highest BCUT2D eigenvalue weighted by molar-refractivity contribution is 5.79. The average Bonchev–Trinajstić information content (AvgIpc) is 3.02. The van der Waals surface area contributed by atoms with Crippen molar-refractivity contribution >= 4 is 5.96 Å². The van der Waals surface area contributed by atoms with Crippen LogP contribution < -0.4 is 10.6 Å². The molecule has 0 aliphatic rings. The van der Waals surface area contributed by atoms with Gasteiger partial charge in [0.25, 0.3) is 0 Å². The van der Waals surface area contributed by atoms with Gasteiger partial charge in [-0.1, -0.05) is 6.07 Å². The third kappa shape index (κ3) is 4.91. The maximum absolute atomic E-state index is 13.1. The molecule has 1 heterocycles. The van der Waals surface area contributed by atoms with Gasteiger partial charge in [0.2, 0.25) is 0 Å². The molecule has 0 aliphatic heterocycles. The van der Waals surface area contributed by atoms with Crippen molar-refractivity contribution in [3.8, 4) is 0 Å². The Labute approximate surface area is 142 Å². The summed E-state index contributed by atoms with van der Waals surface area (Å²) in [5.74, 6) is 0.0313. The highest BCUT2D eigenvalue weighted by atomic mass is 19.4. The van der Waals surface area contributed by atoms with Gasteiger partial charge in [-0.25, -0.2) is 4.39 Å². The van der Waals surface area contributed by atoms with Crippen LogP contribution in [0.15, 0.2) is 29.5 Å². The van der Waals surface area contributed by atoms with Crippen molar-refractivity contribution in [2.45, 2.75) is 32.7 Å². The number of nitrogens with zero attached hydrogens (tertiary/aromatic N) is 4. The lowest BCUT2D eigenvalue weighted by Crippen LogP contribution is -2.37. The molecule has 2 rings (SSSR count). The van der Waals surface area contributed by atoms with E-state index in [-0.39, 0.29) is 12.1 Å². The summed E-state index contributed by atoms with van der Waals surface area (Å²) in [4.78, 5) is 3.95. The molecule has 2 aromatic rings. The lowest BCUT2D eigenvalue weighted by molar-refractivity contribution is -0.138. The molecule has 2 N–H and O–H groups in total. The predicted octanol–water partition coefficient (Wildman–Crippen LogP) is 2.32. The standard InChI is InChI=1S/C15H18F4N6/c1-3-25-9-23-24-13(25)8-22-14(20-2)21-7-10-4-5-11(16)6-12(10)15(17,18)19/h4-6,9H,3,7-8H2,1-2H3,(H2,20,21,22). The van der Waals surface area contributed by atoms with Crippen molar-refractivity contribution in [2.24, 2.45) is 4.99 Å². The number of benzene rings is 1. The second-order valence-electron chi connectivity index (χ2n) is 5.11. The zero-order valence-electron chi connectivity index (χ0n) is 13.7. The monoisotopic (exact) mass is 358 g/mol. The Bertz CT molecular complexity index is 738. The number of guanidine groups is 1. The Morgan fingerprint density at radius 3 is 2.60 bits per heavy atom. The number of hydrogen-bond acceptors (Lipinski definition) is 3.